The Morgan fingerprint density at radius 3 is 2.53 bits per heavy atom. The number of benzene rings is 2. The number of amidine groups is 1. The molecule has 10 heteroatoms. The van der Waals surface area contributed by atoms with Crippen LogP contribution in [-0.4, -0.2) is 31.0 Å². The average Bonchev–Trinajstić information content (AvgIpc) is 3.05. The highest BCUT2D eigenvalue weighted by atomic mass is 35.5. The SMILES string of the molecule is Cc1cccc(C=N/N=C2/NC(=O)C(C(C)C)S2)c1OS(=O)(=O)c1ccc(Cl)cc1. The van der Waals surface area contributed by atoms with Gasteiger partial charge in [-0.3, -0.25) is 4.79 Å². The maximum absolute atomic E-state index is 12.6. The first-order valence-corrected chi connectivity index (χ1v) is 11.7. The Bertz CT molecular complexity index is 1110. The molecule has 0 aromatic heterocycles. The van der Waals surface area contributed by atoms with E-state index in [0.717, 1.165) is 0 Å². The van der Waals surface area contributed by atoms with Crippen molar-refractivity contribution in [1.82, 2.24) is 5.32 Å². The normalized spacial score (nSPS) is 18.4. The third-order valence-corrected chi connectivity index (χ3v) is 7.12. The second kappa shape index (κ2) is 9.20. The minimum atomic E-state index is -4.06. The number of para-hydroxylation sites is 1. The Morgan fingerprint density at radius 1 is 1.20 bits per heavy atom. The summed E-state index contributed by atoms with van der Waals surface area (Å²) in [5, 5.41) is 11.3. The number of rotatable bonds is 6. The summed E-state index contributed by atoms with van der Waals surface area (Å²) in [7, 11) is -4.06. The molecule has 0 radical (unpaired) electrons. The van der Waals surface area contributed by atoms with Gasteiger partial charge in [-0.2, -0.15) is 13.5 Å². The van der Waals surface area contributed by atoms with Crippen LogP contribution >= 0.6 is 23.4 Å². The maximum Gasteiger partial charge on any atom is 0.339 e. The number of hydrogen-bond acceptors (Lipinski definition) is 7. The fourth-order valence-electron chi connectivity index (χ4n) is 2.66. The van der Waals surface area contributed by atoms with Gasteiger partial charge in [0.1, 0.15) is 4.90 Å². The van der Waals surface area contributed by atoms with Gasteiger partial charge in [-0.25, -0.2) is 0 Å². The lowest BCUT2D eigenvalue weighted by Gasteiger charge is -2.11. The average molecular weight is 466 g/mol. The Labute approximate surface area is 184 Å². The zero-order valence-corrected chi connectivity index (χ0v) is 18.9. The van der Waals surface area contributed by atoms with Crippen molar-refractivity contribution in [1.29, 1.82) is 0 Å². The molecule has 2 aromatic rings. The van der Waals surface area contributed by atoms with Gasteiger partial charge in [-0.05, 0) is 48.7 Å². The van der Waals surface area contributed by atoms with E-state index in [1.807, 2.05) is 13.8 Å². The van der Waals surface area contributed by atoms with E-state index in [2.05, 4.69) is 15.5 Å². The summed E-state index contributed by atoms with van der Waals surface area (Å²) in [4.78, 5) is 11.9. The third-order valence-electron chi connectivity index (χ3n) is 4.22. The first kappa shape index (κ1) is 22.3. The van der Waals surface area contributed by atoms with Crippen LogP contribution in [0.2, 0.25) is 5.02 Å². The number of carbonyl (C=O) groups is 1. The number of amides is 1. The first-order chi connectivity index (χ1) is 14.2. The highest BCUT2D eigenvalue weighted by Crippen LogP contribution is 2.28. The zero-order chi connectivity index (χ0) is 21.9. The summed E-state index contributed by atoms with van der Waals surface area (Å²) in [5.74, 6) is 0.221. The van der Waals surface area contributed by atoms with Gasteiger partial charge in [-0.1, -0.05) is 49.3 Å². The summed E-state index contributed by atoms with van der Waals surface area (Å²) < 4.78 is 30.7. The second-order valence-electron chi connectivity index (χ2n) is 6.91. The van der Waals surface area contributed by atoms with Crippen LogP contribution in [0.1, 0.15) is 25.0 Å². The lowest BCUT2D eigenvalue weighted by atomic mass is 10.1. The summed E-state index contributed by atoms with van der Waals surface area (Å²) in [6.45, 7) is 5.65. The summed E-state index contributed by atoms with van der Waals surface area (Å²) >= 11 is 7.14. The lowest BCUT2D eigenvalue weighted by molar-refractivity contribution is -0.119. The van der Waals surface area contributed by atoms with Gasteiger partial charge in [0.05, 0.1) is 11.5 Å². The number of thioether (sulfide) groups is 1. The molecule has 158 valence electrons. The molecule has 0 aliphatic carbocycles. The number of halogens is 1. The molecular formula is C20H20ClN3O4S2. The monoisotopic (exact) mass is 465 g/mol. The van der Waals surface area contributed by atoms with Crippen LogP contribution in [0.3, 0.4) is 0 Å². The van der Waals surface area contributed by atoms with E-state index >= 15 is 0 Å². The standard InChI is InChI=1S/C20H20ClN3O4S2/c1-12(2)18-19(25)23-20(29-18)24-22-11-14-6-4-5-13(3)17(14)28-30(26,27)16-9-7-15(21)8-10-16/h4-12,18H,1-3H3,(H,23,24,25). The molecule has 0 saturated carbocycles. The molecular weight excluding hydrogens is 446 g/mol. The predicted octanol–water partition coefficient (Wildman–Crippen LogP) is 3.99. The van der Waals surface area contributed by atoms with Crippen molar-refractivity contribution in [3.8, 4) is 5.75 Å². The third kappa shape index (κ3) is 5.21. The van der Waals surface area contributed by atoms with Crippen molar-refractivity contribution >= 4 is 50.8 Å². The Balaban J connectivity index is 1.83. The van der Waals surface area contributed by atoms with Gasteiger partial charge < -0.3 is 9.50 Å². The fourth-order valence-corrected chi connectivity index (χ4v) is 4.73. The van der Waals surface area contributed by atoms with Crippen molar-refractivity contribution in [2.45, 2.75) is 30.9 Å². The molecule has 1 saturated heterocycles. The molecule has 1 unspecified atom stereocenters. The van der Waals surface area contributed by atoms with Gasteiger partial charge in [0.2, 0.25) is 5.91 Å². The lowest BCUT2D eigenvalue weighted by Crippen LogP contribution is -2.27. The summed E-state index contributed by atoms with van der Waals surface area (Å²) in [5.41, 5.74) is 1.05. The highest BCUT2D eigenvalue weighted by Gasteiger charge is 2.32. The number of carbonyl (C=O) groups excluding carboxylic acids is 1. The van der Waals surface area contributed by atoms with Crippen LogP contribution in [0, 0.1) is 12.8 Å². The van der Waals surface area contributed by atoms with Gasteiger partial charge in [0.25, 0.3) is 0 Å². The Kier molecular flexibility index (Phi) is 6.84. The Hall–Kier alpha value is -2.36. The largest absolute Gasteiger partial charge is 0.378 e. The van der Waals surface area contributed by atoms with E-state index in [1.54, 1.807) is 25.1 Å². The van der Waals surface area contributed by atoms with Gasteiger partial charge in [0.15, 0.2) is 10.9 Å². The van der Waals surface area contributed by atoms with Crippen LogP contribution in [0.15, 0.2) is 57.6 Å². The smallest absolute Gasteiger partial charge is 0.339 e. The van der Waals surface area contributed by atoms with E-state index in [0.29, 0.717) is 21.3 Å². The zero-order valence-electron chi connectivity index (χ0n) is 16.5. The molecule has 1 aliphatic heterocycles. The predicted molar refractivity (Wildman–Crippen MR) is 120 cm³/mol. The van der Waals surface area contributed by atoms with E-state index in [9.17, 15) is 13.2 Å². The molecule has 0 bridgehead atoms. The van der Waals surface area contributed by atoms with Crippen LogP contribution in [-0.2, 0) is 14.9 Å². The van der Waals surface area contributed by atoms with Crippen LogP contribution in [0.4, 0.5) is 0 Å². The maximum atomic E-state index is 12.6. The number of aryl methyl sites for hydroxylation is 1. The molecule has 1 atom stereocenters. The van der Waals surface area contributed by atoms with Crippen molar-refractivity contribution in [3.05, 3.63) is 58.6 Å². The first-order valence-electron chi connectivity index (χ1n) is 9.05. The number of nitrogens with one attached hydrogen (secondary N) is 1. The van der Waals surface area contributed by atoms with Crippen molar-refractivity contribution < 1.29 is 17.4 Å². The Morgan fingerprint density at radius 2 is 1.90 bits per heavy atom. The molecule has 1 amide bonds. The van der Waals surface area contributed by atoms with Crippen LogP contribution in [0.5, 0.6) is 5.75 Å². The molecule has 0 spiro atoms. The van der Waals surface area contributed by atoms with E-state index < -0.39 is 10.1 Å². The van der Waals surface area contributed by atoms with E-state index in [1.165, 1.54) is 42.2 Å². The van der Waals surface area contributed by atoms with Crippen LogP contribution < -0.4 is 9.50 Å². The number of nitrogens with zero attached hydrogens (tertiary/aromatic N) is 2. The molecule has 1 aliphatic rings. The van der Waals surface area contributed by atoms with Crippen molar-refractivity contribution in [2.75, 3.05) is 0 Å². The molecule has 30 heavy (non-hydrogen) atoms. The van der Waals surface area contributed by atoms with Crippen molar-refractivity contribution in [3.63, 3.8) is 0 Å². The van der Waals surface area contributed by atoms with E-state index in [4.69, 9.17) is 15.8 Å². The quantitative estimate of drug-likeness (QED) is 0.395. The molecule has 1 N–H and O–H groups in total. The van der Waals surface area contributed by atoms with Gasteiger partial charge in [0, 0.05) is 10.6 Å². The van der Waals surface area contributed by atoms with E-state index in [-0.39, 0.29) is 27.7 Å². The second-order valence-corrected chi connectivity index (χ2v) is 10.0. The highest BCUT2D eigenvalue weighted by molar-refractivity contribution is 8.15. The molecule has 1 fully saturated rings. The minimum absolute atomic E-state index is 0.0110. The minimum Gasteiger partial charge on any atom is -0.378 e. The van der Waals surface area contributed by atoms with Crippen molar-refractivity contribution in [2.24, 2.45) is 16.1 Å². The van der Waals surface area contributed by atoms with Crippen LogP contribution in [0.25, 0.3) is 0 Å². The van der Waals surface area contributed by atoms with Gasteiger partial charge in [-0.15, -0.1) is 5.10 Å². The summed E-state index contributed by atoms with van der Waals surface area (Å²) in [6, 6.07) is 10.9. The molecule has 2 aromatic carbocycles. The number of hydrogen-bond donors (Lipinski definition) is 1. The molecule has 7 nitrogen and oxygen atoms in total. The van der Waals surface area contributed by atoms with Gasteiger partial charge >= 0.3 is 10.1 Å². The molecule has 1 heterocycles. The topological polar surface area (TPSA) is 97.2 Å². The fraction of sp³-hybridized carbons (Fsp3) is 0.250. The summed E-state index contributed by atoms with van der Waals surface area (Å²) in [6.07, 6.45) is 1.39. The molecule has 3 rings (SSSR count).